The zero-order valence-corrected chi connectivity index (χ0v) is 13.2. The van der Waals surface area contributed by atoms with Gasteiger partial charge in [0.2, 0.25) is 0 Å². The number of nitrogens with one attached hydrogen (secondary N) is 1. The molecule has 0 aromatic carbocycles. The van der Waals surface area contributed by atoms with Crippen LogP contribution in [0.5, 0.6) is 0 Å². The van der Waals surface area contributed by atoms with Crippen molar-refractivity contribution >= 4 is 32.1 Å². The first-order valence-electron chi connectivity index (χ1n) is 6.71. The number of anilines is 1. The van der Waals surface area contributed by atoms with Crippen molar-refractivity contribution in [3.63, 3.8) is 0 Å². The first-order chi connectivity index (χ1) is 9.57. The standard InChI is InChI=1S/C12H18N4O2S2/c1-3-9-4-5-15(8-9)20(17,18)11-10(13-2)14-12-16(11)6-7-19-12/h6-7,9,13H,3-5,8H2,1-2H3. The summed E-state index contributed by atoms with van der Waals surface area (Å²) >= 11 is 1.43. The molecule has 1 N–H and O–H groups in total. The van der Waals surface area contributed by atoms with Gasteiger partial charge in [0, 0.05) is 31.7 Å². The molecular formula is C12H18N4O2S2. The summed E-state index contributed by atoms with van der Waals surface area (Å²) in [6, 6.07) is 0. The minimum Gasteiger partial charge on any atom is -0.371 e. The summed E-state index contributed by atoms with van der Waals surface area (Å²) in [5, 5.41) is 5.00. The molecule has 0 bridgehead atoms. The molecule has 2 aromatic heterocycles. The van der Waals surface area contributed by atoms with Gasteiger partial charge in [-0.05, 0) is 12.3 Å². The highest BCUT2D eigenvalue weighted by atomic mass is 32.2. The van der Waals surface area contributed by atoms with Gasteiger partial charge >= 0.3 is 0 Å². The van der Waals surface area contributed by atoms with E-state index < -0.39 is 10.0 Å². The molecule has 1 fully saturated rings. The Labute approximate surface area is 122 Å². The summed E-state index contributed by atoms with van der Waals surface area (Å²) in [6.45, 7) is 3.32. The second kappa shape index (κ2) is 5.01. The lowest BCUT2D eigenvalue weighted by Crippen LogP contribution is -2.30. The van der Waals surface area contributed by atoms with E-state index in [2.05, 4.69) is 17.2 Å². The summed E-state index contributed by atoms with van der Waals surface area (Å²) < 4.78 is 29.0. The molecule has 1 atom stereocenters. The van der Waals surface area contributed by atoms with Gasteiger partial charge < -0.3 is 5.32 Å². The molecule has 1 saturated heterocycles. The highest BCUT2D eigenvalue weighted by molar-refractivity contribution is 7.89. The molecule has 2 aromatic rings. The number of hydrogen-bond donors (Lipinski definition) is 1. The molecule has 0 aliphatic carbocycles. The Morgan fingerprint density at radius 3 is 3.00 bits per heavy atom. The smallest absolute Gasteiger partial charge is 0.262 e. The van der Waals surface area contributed by atoms with E-state index in [1.165, 1.54) is 11.3 Å². The maximum absolute atomic E-state index is 12.9. The molecule has 1 unspecified atom stereocenters. The van der Waals surface area contributed by atoms with Crippen LogP contribution in [-0.2, 0) is 10.0 Å². The van der Waals surface area contributed by atoms with Crippen molar-refractivity contribution < 1.29 is 8.42 Å². The van der Waals surface area contributed by atoms with E-state index in [-0.39, 0.29) is 5.03 Å². The Kier molecular flexibility index (Phi) is 3.47. The van der Waals surface area contributed by atoms with Gasteiger partial charge in [0.05, 0.1) is 0 Å². The molecule has 3 rings (SSSR count). The van der Waals surface area contributed by atoms with Gasteiger partial charge in [-0.25, -0.2) is 13.4 Å². The number of hydrogen-bond acceptors (Lipinski definition) is 5. The number of aromatic nitrogens is 2. The zero-order valence-electron chi connectivity index (χ0n) is 11.5. The molecule has 0 radical (unpaired) electrons. The summed E-state index contributed by atoms with van der Waals surface area (Å²) in [6.07, 6.45) is 3.72. The van der Waals surface area contributed by atoms with E-state index in [1.54, 1.807) is 22.0 Å². The molecule has 0 spiro atoms. The average molecular weight is 314 g/mol. The predicted octanol–water partition coefficient (Wildman–Crippen LogP) is 1.86. The van der Waals surface area contributed by atoms with Crippen molar-refractivity contribution in [2.24, 2.45) is 5.92 Å². The van der Waals surface area contributed by atoms with Crippen LogP contribution in [0.2, 0.25) is 0 Å². The molecule has 0 amide bonds. The Morgan fingerprint density at radius 1 is 1.55 bits per heavy atom. The Morgan fingerprint density at radius 2 is 2.35 bits per heavy atom. The van der Waals surface area contributed by atoms with Crippen LogP contribution in [0.3, 0.4) is 0 Å². The van der Waals surface area contributed by atoms with E-state index in [0.717, 1.165) is 12.8 Å². The summed E-state index contributed by atoms with van der Waals surface area (Å²) in [4.78, 5) is 5.03. The maximum atomic E-state index is 12.9. The SMILES string of the molecule is CCC1CCN(S(=O)(=O)c2c(NC)nc3sccn23)C1. The molecule has 1 aliphatic heterocycles. The van der Waals surface area contributed by atoms with Crippen LogP contribution in [0.25, 0.3) is 4.96 Å². The van der Waals surface area contributed by atoms with Crippen molar-refractivity contribution in [1.82, 2.24) is 13.7 Å². The van der Waals surface area contributed by atoms with Gasteiger partial charge in [0.15, 0.2) is 15.8 Å². The number of sulfonamides is 1. The van der Waals surface area contributed by atoms with Crippen molar-refractivity contribution in [3.8, 4) is 0 Å². The fraction of sp³-hybridized carbons (Fsp3) is 0.583. The Hall–Kier alpha value is -1.12. The van der Waals surface area contributed by atoms with Gasteiger partial charge in [-0.3, -0.25) is 4.40 Å². The molecule has 20 heavy (non-hydrogen) atoms. The molecule has 3 heterocycles. The van der Waals surface area contributed by atoms with E-state index in [4.69, 9.17) is 0 Å². The summed E-state index contributed by atoms with van der Waals surface area (Å²) in [5.41, 5.74) is 0. The quantitative estimate of drug-likeness (QED) is 0.935. The van der Waals surface area contributed by atoms with Crippen LogP contribution >= 0.6 is 11.3 Å². The monoisotopic (exact) mass is 314 g/mol. The van der Waals surface area contributed by atoms with E-state index >= 15 is 0 Å². The third kappa shape index (κ3) is 2.02. The van der Waals surface area contributed by atoms with Crippen molar-refractivity contribution in [2.45, 2.75) is 24.8 Å². The second-order valence-electron chi connectivity index (χ2n) is 5.00. The third-order valence-electron chi connectivity index (χ3n) is 3.87. The Balaban J connectivity index is 2.07. The lowest BCUT2D eigenvalue weighted by Gasteiger charge is -2.16. The lowest BCUT2D eigenvalue weighted by atomic mass is 10.1. The number of rotatable bonds is 4. The topological polar surface area (TPSA) is 66.7 Å². The zero-order chi connectivity index (χ0) is 14.3. The van der Waals surface area contributed by atoms with Crippen LogP contribution in [0, 0.1) is 5.92 Å². The third-order valence-corrected chi connectivity index (χ3v) is 6.51. The second-order valence-corrected chi connectivity index (χ2v) is 7.72. The predicted molar refractivity (Wildman–Crippen MR) is 79.8 cm³/mol. The molecule has 0 saturated carbocycles. The first-order valence-corrected chi connectivity index (χ1v) is 9.03. The molecule has 110 valence electrons. The molecule has 8 heteroatoms. The van der Waals surface area contributed by atoms with Gasteiger partial charge in [-0.1, -0.05) is 13.3 Å². The highest BCUT2D eigenvalue weighted by Gasteiger charge is 2.36. The van der Waals surface area contributed by atoms with Crippen LogP contribution in [-0.4, -0.2) is 42.2 Å². The number of fused-ring (bicyclic) bond motifs is 1. The first kappa shape index (κ1) is 13.8. The van der Waals surface area contributed by atoms with Crippen LogP contribution in [0.4, 0.5) is 5.82 Å². The van der Waals surface area contributed by atoms with Crippen molar-refractivity contribution in [1.29, 1.82) is 0 Å². The van der Waals surface area contributed by atoms with E-state index in [9.17, 15) is 8.42 Å². The molecule has 1 aliphatic rings. The fourth-order valence-corrected chi connectivity index (χ4v) is 5.20. The summed E-state index contributed by atoms with van der Waals surface area (Å²) in [7, 11) is -1.80. The lowest BCUT2D eigenvalue weighted by molar-refractivity contribution is 0.450. The van der Waals surface area contributed by atoms with Crippen LogP contribution in [0.1, 0.15) is 19.8 Å². The largest absolute Gasteiger partial charge is 0.371 e. The number of nitrogens with zero attached hydrogens (tertiary/aromatic N) is 3. The van der Waals surface area contributed by atoms with Crippen molar-refractivity contribution in [3.05, 3.63) is 11.6 Å². The van der Waals surface area contributed by atoms with Crippen LogP contribution in [0.15, 0.2) is 16.6 Å². The minimum absolute atomic E-state index is 0.257. The number of thiazole rings is 1. The van der Waals surface area contributed by atoms with Gasteiger partial charge in [-0.2, -0.15) is 4.31 Å². The van der Waals surface area contributed by atoms with E-state index in [1.807, 2.05) is 5.38 Å². The van der Waals surface area contributed by atoms with Gasteiger partial charge in [0.25, 0.3) is 10.0 Å². The number of imidazole rings is 1. The maximum Gasteiger partial charge on any atom is 0.262 e. The molecule has 6 nitrogen and oxygen atoms in total. The average Bonchev–Trinajstić information content (AvgIpc) is 3.12. The van der Waals surface area contributed by atoms with Crippen LogP contribution < -0.4 is 5.32 Å². The molecular weight excluding hydrogens is 296 g/mol. The highest BCUT2D eigenvalue weighted by Crippen LogP contribution is 2.31. The normalized spacial score (nSPS) is 20.8. The Bertz CT molecular complexity index is 719. The fourth-order valence-electron chi connectivity index (χ4n) is 2.65. The minimum atomic E-state index is -3.50. The van der Waals surface area contributed by atoms with Gasteiger partial charge in [-0.15, -0.1) is 11.3 Å². The van der Waals surface area contributed by atoms with Crippen molar-refractivity contribution in [2.75, 3.05) is 25.5 Å². The summed E-state index contributed by atoms with van der Waals surface area (Å²) in [5.74, 6) is 0.894. The van der Waals surface area contributed by atoms with E-state index in [0.29, 0.717) is 29.8 Å². The van der Waals surface area contributed by atoms with Gasteiger partial charge in [0.1, 0.15) is 0 Å².